The van der Waals surface area contributed by atoms with Crippen LogP contribution in [0.1, 0.15) is 0 Å². The molecular formula is BO3Pm-3. The SMILES string of the molecule is [O-]B([O-])[O-].[Pm]. The Hall–Kier alpha value is 1.28. The van der Waals surface area contributed by atoms with Gasteiger partial charge in [0.15, 0.2) is 0 Å². The summed E-state index contributed by atoms with van der Waals surface area (Å²) in [4.78, 5) is 0. The van der Waals surface area contributed by atoms with E-state index in [2.05, 4.69) is 0 Å². The quantitative estimate of drug-likeness (QED) is 0.378. The summed E-state index contributed by atoms with van der Waals surface area (Å²) in [6.45, 7) is 0. The molecule has 0 aliphatic carbocycles. The van der Waals surface area contributed by atoms with Crippen LogP contribution in [0.15, 0.2) is 0 Å². The molecule has 5 heavy (non-hydrogen) atoms. The van der Waals surface area contributed by atoms with E-state index in [4.69, 9.17) is 15.1 Å². The average Bonchev–Trinajstić information content (AvgIpc) is 0.811. The molecule has 0 saturated carbocycles. The van der Waals surface area contributed by atoms with Gasteiger partial charge in [0.2, 0.25) is 0 Å². The minimum Gasteiger partial charge on any atom is -0.907 e. The summed E-state index contributed by atoms with van der Waals surface area (Å²) < 4.78 is 0. The van der Waals surface area contributed by atoms with Crippen LogP contribution in [0.3, 0.4) is 0 Å². The zero-order chi connectivity index (χ0) is 3.58. The topological polar surface area (TPSA) is 69.2 Å². The van der Waals surface area contributed by atoms with Crippen molar-refractivity contribution in [3.8, 4) is 0 Å². The Morgan fingerprint density at radius 2 is 1.00 bits per heavy atom. The first-order valence-electron chi connectivity index (χ1n) is 0.707. The maximum atomic E-state index is 8.42. The fourth-order valence-electron chi connectivity index (χ4n) is 0. The molecule has 0 fully saturated rings. The molecule has 0 saturated heterocycles. The predicted molar refractivity (Wildman–Crippen MR) is 5.75 cm³/mol. The van der Waals surface area contributed by atoms with Gasteiger partial charge in [-0.3, -0.25) is 7.32 Å². The van der Waals surface area contributed by atoms with E-state index in [1.807, 2.05) is 0 Å². The van der Waals surface area contributed by atoms with Crippen LogP contribution in [-0.2, 0) is 0 Å². The van der Waals surface area contributed by atoms with Crippen LogP contribution in [0.5, 0.6) is 0 Å². The molecule has 0 unspecified atom stereocenters. The van der Waals surface area contributed by atoms with Gasteiger partial charge in [0.05, 0.1) is 0 Å². The van der Waals surface area contributed by atoms with E-state index in [1.165, 1.54) is 0 Å². The molecule has 0 aliphatic rings. The first-order chi connectivity index (χ1) is 1.73. The molecular weight excluding hydrogens is 204 g/mol. The fourth-order valence-corrected chi connectivity index (χ4v) is 0. The van der Waals surface area contributed by atoms with Crippen LogP contribution >= 0.6 is 0 Å². The molecule has 0 atom stereocenters. The molecule has 0 N–H and O–H groups in total. The van der Waals surface area contributed by atoms with Gasteiger partial charge < -0.3 is 15.1 Å². The van der Waals surface area contributed by atoms with Crippen molar-refractivity contribution in [2.75, 3.05) is 0 Å². The first kappa shape index (κ1) is 9.56. The van der Waals surface area contributed by atoms with E-state index in [-0.39, 0.29) is 40.4 Å². The molecule has 5 heteroatoms. The van der Waals surface area contributed by atoms with Gasteiger partial charge in [0.25, 0.3) is 0 Å². The Labute approximate surface area is 62.3 Å². The van der Waals surface area contributed by atoms with Crippen LogP contribution in [0.25, 0.3) is 0 Å². The summed E-state index contributed by atoms with van der Waals surface area (Å²) in [5.74, 6) is 0. The van der Waals surface area contributed by atoms with Crippen molar-refractivity contribution in [1.82, 2.24) is 0 Å². The van der Waals surface area contributed by atoms with Gasteiger partial charge in [-0.15, -0.1) is 0 Å². The van der Waals surface area contributed by atoms with Gasteiger partial charge in [-0.05, 0) is 0 Å². The van der Waals surface area contributed by atoms with Crippen LogP contribution in [0.4, 0.5) is 0 Å². The summed E-state index contributed by atoms with van der Waals surface area (Å²) in [6, 6.07) is 0. The summed E-state index contributed by atoms with van der Waals surface area (Å²) in [5, 5.41) is 25.2. The van der Waals surface area contributed by atoms with Crippen molar-refractivity contribution in [2.24, 2.45) is 0 Å². The third-order valence-electron chi connectivity index (χ3n) is 0. The second kappa shape index (κ2) is 5.28. The minimum atomic E-state index is -2.92. The van der Waals surface area contributed by atoms with E-state index in [0.717, 1.165) is 0 Å². The minimum absolute atomic E-state index is 0. The Kier molecular flexibility index (Phi) is 10.1. The van der Waals surface area contributed by atoms with E-state index < -0.39 is 7.32 Å². The van der Waals surface area contributed by atoms with Crippen molar-refractivity contribution in [3.63, 3.8) is 0 Å². The molecule has 3 nitrogen and oxygen atoms in total. The Bertz CT molecular complexity index is 11.6. The van der Waals surface area contributed by atoms with Gasteiger partial charge in [0.1, 0.15) is 0 Å². The van der Waals surface area contributed by atoms with Crippen LogP contribution in [0, 0.1) is 40.4 Å². The second-order valence-electron chi connectivity index (χ2n) is 0.289. The second-order valence-corrected chi connectivity index (χ2v) is 0.289. The maximum absolute atomic E-state index is 8.42. The fraction of sp³-hybridized carbons (Fsp3) is 0. The third-order valence-corrected chi connectivity index (χ3v) is 0. The largest absolute Gasteiger partial charge is 0.907 e. The smallest absolute Gasteiger partial charge is 0 e. The van der Waals surface area contributed by atoms with Crippen molar-refractivity contribution in [2.45, 2.75) is 0 Å². The summed E-state index contributed by atoms with van der Waals surface area (Å²) in [5.41, 5.74) is 0. The zero-order valence-electron chi connectivity index (χ0n) is 2.25. The molecule has 0 bridgehead atoms. The summed E-state index contributed by atoms with van der Waals surface area (Å²) >= 11 is 0. The maximum Gasteiger partial charge on any atom is 0 e. The van der Waals surface area contributed by atoms with E-state index in [0.29, 0.717) is 0 Å². The molecule has 0 aromatic heterocycles. The molecule has 0 aromatic carbocycles. The molecule has 0 heterocycles. The van der Waals surface area contributed by atoms with Gasteiger partial charge in [0, 0.05) is 40.4 Å². The third kappa shape index (κ3) is 34.6. The van der Waals surface area contributed by atoms with Crippen molar-refractivity contribution in [3.05, 3.63) is 0 Å². The van der Waals surface area contributed by atoms with Crippen molar-refractivity contribution < 1.29 is 55.5 Å². The zero-order valence-corrected chi connectivity index (χ0v) is 5.12. The van der Waals surface area contributed by atoms with Crippen LogP contribution in [0.2, 0.25) is 0 Å². The van der Waals surface area contributed by atoms with Crippen LogP contribution in [-0.4, -0.2) is 7.32 Å². The molecule has 0 rings (SSSR count). The molecule has 0 aliphatic heterocycles. The molecule has 29 valence electrons. The molecule has 0 spiro atoms. The van der Waals surface area contributed by atoms with Gasteiger partial charge in [-0.1, -0.05) is 0 Å². The Balaban J connectivity index is 0. The van der Waals surface area contributed by atoms with Gasteiger partial charge in [-0.2, -0.15) is 0 Å². The van der Waals surface area contributed by atoms with E-state index >= 15 is 0 Å². The van der Waals surface area contributed by atoms with Gasteiger partial charge >= 0.3 is 0 Å². The normalized spacial score (nSPS) is 5.40. The summed E-state index contributed by atoms with van der Waals surface area (Å²) in [7, 11) is -2.92. The Morgan fingerprint density at radius 1 is 1.00 bits per heavy atom. The van der Waals surface area contributed by atoms with Gasteiger partial charge in [-0.25, -0.2) is 0 Å². The molecule has 1 radical (unpaired) electrons. The first-order valence-corrected chi connectivity index (χ1v) is 0.707. The Morgan fingerprint density at radius 3 is 1.00 bits per heavy atom. The van der Waals surface area contributed by atoms with Crippen molar-refractivity contribution in [1.29, 1.82) is 0 Å². The standard InChI is InChI=1S/BO3.Pm/c2-1(3)4;/q-3;. The predicted octanol–water partition coefficient (Wildman–Crippen LogP) is -3.95. The van der Waals surface area contributed by atoms with E-state index in [1.54, 1.807) is 0 Å². The number of hydrogen-bond donors (Lipinski definition) is 0. The summed E-state index contributed by atoms with van der Waals surface area (Å²) in [6.07, 6.45) is 0. The van der Waals surface area contributed by atoms with E-state index in [9.17, 15) is 0 Å². The number of rotatable bonds is 0. The van der Waals surface area contributed by atoms with Crippen LogP contribution < -0.4 is 15.1 Å². The number of hydrogen-bond acceptors (Lipinski definition) is 3. The monoisotopic (exact) mass is 204 g/mol. The molecule has 0 amide bonds. The average molecular weight is 204 g/mol. The molecule has 0 aromatic rings. The van der Waals surface area contributed by atoms with Crippen molar-refractivity contribution >= 4 is 7.32 Å².